The molecule has 1 atom stereocenters. The summed E-state index contributed by atoms with van der Waals surface area (Å²) in [6.07, 6.45) is 7.08. The highest BCUT2D eigenvalue weighted by Gasteiger charge is 2.31. The number of rotatable bonds is 5. The summed E-state index contributed by atoms with van der Waals surface area (Å²) in [6.45, 7) is 3.97. The molecule has 0 saturated carbocycles. The summed E-state index contributed by atoms with van der Waals surface area (Å²) in [5.74, 6) is 0.411. The maximum atomic E-state index is 12.0. The zero-order valence-corrected chi connectivity index (χ0v) is 11.0. The molecule has 0 bridgehead atoms. The standard InChI is InChI=1S/C13H17N3O4/c1-2-7-20-15-13(18)16-6-3-4-10(11(16)9-17)12-14-5-8-19-12/h2,4-5,8,11,17H,1,3,6-7,9H2,(H,15,18)/t11-/m1/s1. The van der Waals surface area contributed by atoms with E-state index in [0.717, 1.165) is 0 Å². The van der Waals surface area contributed by atoms with Crippen LogP contribution < -0.4 is 5.48 Å². The molecule has 20 heavy (non-hydrogen) atoms. The lowest BCUT2D eigenvalue weighted by atomic mass is 10.0. The second-order valence-corrected chi connectivity index (χ2v) is 4.18. The molecular formula is C13H17N3O4. The zero-order chi connectivity index (χ0) is 14.4. The van der Waals surface area contributed by atoms with Gasteiger partial charge in [0.15, 0.2) is 0 Å². The van der Waals surface area contributed by atoms with Gasteiger partial charge in [-0.05, 0) is 6.42 Å². The number of aliphatic hydroxyl groups excluding tert-OH is 1. The van der Waals surface area contributed by atoms with Gasteiger partial charge in [0.1, 0.15) is 6.26 Å². The molecule has 2 N–H and O–H groups in total. The fourth-order valence-electron chi connectivity index (χ4n) is 2.08. The summed E-state index contributed by atoms with van der Waals surface area (Å²) >= 11 is 0. The minimum atomic E-state index is -0.505. The number of hydrogen-bond donors (Lipinski definition) is 2. The first-order valence-electron chi connectivity index (χ1n) is 6.28. The highest BCUT2D eigenvalue weighted by molar-refractivity contribution is 5.78. The Morgan fingerprint density at radius 2 is 2.60 bits per heavy atom. The Bertz CT molecular complexity index is 484. The molecule has 1 aromatic heterocycles. The molecule has 0 unspecified atom stereocenters. The minimum Gasteiger partial charge on any atom is -0.445 e. The third-order valence-corrected chi connectivity index (χ3v) is 2.94. The molecule has 2 amide bonds. The third-order valence-electron chi connectivity index (χ3n) is 2.94. The summed E-state index contributed by atoms with van der Waals surface area (Å²) in [5, 5.41) is 9.56. The molecular weight excluding hydrogens is 262 g/mol. The van der Waals surface area contributed by atoms with E-state index in [1.807, 2.05) is 6.08 Å². The number of oxazole rings is 1. The fraction of sp³-hybridized carbons (Fsp3) is 0.385. The number of hydroxylamine groups is 1. The average molecular weight is 279 g/mol. The highest BCUT2D eigenvalue weighted by atomic mass is 16.7. The van der Waals surface area contributed by atoms with Crippen LogP contribution in [0.3, 0.4) is 0 Å². The second-order valence-electron chi connectivity index (χ2n) is 4.18. The van der Waals surface area contributed by atoms with Crippen molar-refractivity contribution in [2.45, 2.75) is 12.5 Å². The second kappa shape index (κ2) is 6.88. The van der Waals surface area contributed by atoms with Crippen LogP contribution >= 0.6 is 0 Å². The van der Waals surface area contributed by atoms with E-state index in [2.05, 4.69) is 17.0 Å². The molecule has 1 aromatic rings. The van der Waals surface area contributed by atoms with E-state index >= 15 is 0 Å². The lowest BCUT2D eigenvalue weighted by Gasteiger charge is -2.33. The number of nitrogens with zero attached hydrogens (tertiary/aromatic N) is 2. The van der Waals surface area contributed by atoms with Crippen molar-refractivity contribution in [2.24, 2.45) is 0 Å². The van der Waals surface area contributed by atoms with E-state index < -0.39 is 12.1 Å². The van der Waals surface area contributed by atoms with E-state index in [-0.39, 0.29) is 13.2 Å². The van der Waals surface area contributed by atoms with E-state index in [4.69, 9.17) is 9.25 Å². The van der Waals surface area contributed by atoms with Gasteiger partial charge in [0, 0.05) is 12.1 Å². The molecule has 0 spiro atoms. The fourth-order valence-corrected chi connectivity index (χ4v) is 2.08. The maximum absolute atomic E-state index is 12.0. The zero-order valence-electron chi connectivity index (χ0n) is 11.0. The van der Waals surface area contributed by atoms with E-state index in [1.54, 1.807) is 0 Å². The van der Waals surface area contributed by atoms with Crippen LogP contribution in [0.25, 0.3) is 5.57 Å². The number of aliphatic hydroxyl groups is 1. The number of carbonyl (C=O) groups is 1. The van der Waals surface area contributed by atoms with E-state index in [9.17, 15) is 9.90 Å². The molecule has 2 heterocycles. The van der Waals surface area contributed by atoms with Crippen LogP contribution in [0.15, 0.2) is 35.6 Å². The summed E-state index contributed by atoms with van der Waals surface area (Å²) in [4.78, 5) is 22.5. The Morgan fingerprint density at radius 1 is 1.75 bits per heavy atom. The molecule has 1 aliphatic heterocycles. The lowest BCUT2D eigenvalue weighted by molar-refractivity contribution is 0.0565. The average Bonchev–Trinajstić information content (AvgIpc) is 3.00. The minimum absolute atomic E-state index is 0.214. The molecule has 1 aliphatic rings. The molecule has 0 radical (unpaired) electrons. The molecule has 0 fully saturated rings. The van der Waals surface area contributed by atoms with Gasteiger partial charge in [0.25, 0.3) is 0 Å². The van der Waals surface area contributed by atoms with Crippen molar-refractivity contribution in [1.29, 1.82) is 0 Å². The molecule has 2 rings (SSSR count). The van der Waals surface area contributed by atoms with Gasteiger partial charge in [-0.15, -0.1) is 6.58 Å². The Kier molecular flexibility index (Phi) is 4.91. The van der Waals surface area contributed by atoms with Crippen LogP contribution in [0, 0.1) is 0 Å². The third kappa shape index (κ3) is 3.06. The Morgan fingerprint density at radius 3 is 3.25 bits per heavy atom. The van der Waals surface area contributed by atoms with Crippen molar-refractivity contribution in [3.8, 4) is 0 Å². The first kappa shape index (κ1) is 14.3. The molecule has 7 nitrogen and oxygen atoms in total. The van der Waals surface area contributed by atoms with Crippen LogP contribution in [-0.4, -0.2) is 46.8 Å². The van der Waals surface area contributed by atoms with Crippen LogP contribution in [0.4, 0.5) is 4.79 Å². The number of nitrogens with one attached hydrogen (secondary N) is 1. The molecule has 7 heteroatoms. The maximum Gasteiger partial charge on any atom is 0.341 e. The Labute approximate surface area is 116 Å². The van der Waals surface area contributed by atoms with Crippen molar-refractivity contribution in [2.75, 3.05) is 19.8 Å². The molecule has 0 aliphatic carbocycles. The molecule has 0 aromatic carbocycles. The van der Waals surface area contributed by atoms with Gasteiger partial charge in [-0.25, -0.2) is 15.3 Å². The predicted molar refractivity (Wildman–Crippen MR) is 71.4 cm³/mol. The number of hydrogen-bond acceptors (Lipinski definition) is 5. The van der Waals surface area contributed by atoms with Gasteiger partial charge in [-0.2, -0.15) is 0 Å². The first-order valence-corrected chi connectivity index (χ1v) is 6.28. The summed E-state index contributed by atoms with van der Waals surface area (Å²) in [7, 11) is 0. The number of urea groups is 1. The van der Waals surface area contributed by atoms with Gasteiger partial charge in [-0.3, -0.25) is 4.84 Å². The van der Waals surface area contributed by atoms with Gasteiger partial charge < -0.3 is 14.4 Å². The van der Waals surface area contributed by atoms with Gasteiger partial charge in [0.05, 0.1) is 25.5 Å². The van der Waals surface area contributed by atoms with Crippen LogP contribution in [0.2, 0.25) is 0 Å². The Balaban J connectivity index is 2.09. The summed E-state index contributed by atoms with van der Waals surface area (Å²) < 4.78 is 5.24. The van der Waals surface area contributed by atoms with E-state index in [1.165, 1.54) is 23.4 Å². The highest BCUT2D eigenvalue weighted by Crippen LogP contribution is 2.25. The molecule has 0 saturated heterocycles. The smallest absolute Gasteiger partial charge is 0.341 e. The van der Waals surface area contributed by atoms with E-state index in [0.29, 0.717) is 24.4 Å². The van der Waals surface area contributed by atoms with Crippen LogP contribution in [-0.2, 0) is 4.84 Å². The largest absolute Gasteiger partial charge is 0.445 e. The monoisotopic (exact) mass is 279 g/mol. The normalized spacial score (nSPS) is 18.6. The van der Waals surface area contributed by atoms with Crippen LogP contribution in [0.5, 0.6) is 0 Å². The first-order chi connectivity index (χ1) is 9.77. The van der Waals surface area contributed by atoms with Crippen LogP contribution in [0.1, 0.15) is 12.3 Å². The van der Waals surface area contributed by atoms with Gasteiger partial charge in [0.2, 0.25) is 5.89 Å². The number of carbonyl (C=O) groups excluding carboxylic acids is 1. The summed E-state index contributed by atoms with van der Waals surface area (Å²) in [5.41, 5.74) is 3.01. The van der Waals surface area contributed by atoms with Crippen molar-refractivity contribution in [1.82, 2.24) is 15.4 Å². The van der Waals surface area contributed by atoms with Crippen molar-refractivity contribution in [3.05, 3.63) is 37.1 Å². The van der Waals surface area contributed by atoms with Crippen molar-refractivity contribution < 1.29 is 19.2 Å². The van der Waals surface area contributed by atoms with Crippen molar-refractivity contribution in [3.63, 3.8) is 0 Å². The Hall–Kier alpha value is -2.12. The van der Waals surface area contributed by atoms with Gasteiger partial charge in [-0.1, -0.05) is 12.2 Å². The summed E-state index contributed by atoms with van der Waals surface area (Å²) in [6, 6.07) is -0.919. The topological polar surface area (TPSA) is 87.8 Å². The molecule has 108 valence electrons. The number of amides is 2. The van der Waals surface area contributed by atoms with Crippen molar-refractivity contribution >= 4 is 11.6 Å². The lowest BCUT2D eigenvalue weighted by Crippen LogP contribution is -2.50. The SMILES string of the molecule is C=CCONC(=O)N1CCC=C(c2ncco2)[C@H]1CO. The predicted octanol–water partition coefficient (Wildman–Crippen LogP) is 0.952. The quantitative estimate of drug-likeness (QED) is 0.476. The number of aromatic nitrogens is 1. The van der Waals surface area contributed by atoms with Gasteiger partial charge >= 0.3 is 6.03 Å².